The molecule has 0 aliphatic carbocycles. The van der Waals surface area contributed by atoms with Gasteiger partial charge >= 0.3 is 0 Å². The van der Waals surface area contributed by atoms with Gasteiger partial charge in [0.25, 0.3) is 0 Å². The molecular formula is C17H21N3S. The summed E-state index contributed by atoms with van der Waals surface area (Å²) >= 11 is 5.27. The highest BCUT2D eigenvalue weighted by Gasteiger charge is 1.99. The van der Waals surface area contributed by atoms with Crippen LogP contribution in [0.15, 0.2) is 42.6 Å². The second-order valence-corrected chi connectivity index (χ2v) is 5.60. The maximum Gasteiger partial charge on any atom is 0.171 e. The van der Waals surface area contributed by atoms with E-state index in [0.29, 0.717) is 5.11 Å². The number of benzene rings is 1. The fourth-order valence-electron chi connectivity index (χ4n) is 2.13. The summed E-state index contributed by atoms with van der Waals surface area (Å²) in [4.78, 5) is 4.23. The van der Waals surface area contributed by atoms with Crippen molar-refractivity contribution in [2.45, 2.75) is 26.7 Å². The number of nitrogens with one attached hydrogen (secondary N) is 2. The van der Waals surface area contributed by atoms with Gasteiger partial charge in [0.1, 0.15) is 5.82 Å². The van der Waals surface area contributed by atoms with Crippen molar-refractivity contribution in [2.75, 3.05) is 11.9 Å². The van der Waals surface area contributed by atoms with Crippen LogP contribution in [0.3, 0.4) is 0 Å². The summed E-state index contributed by atoms with van der Waals surface area (Å²) in [5.41, 5.74) is 3.84. The molecule has 2 aromatic rings. The topological polar surface area (TPSA) is 37.0 Å². The van der Waals surface area contributed by atoms with Crippen LogP contribution in [0.1, 0.15) is 23.1 Å². The van der Waals surface area contributed by atoms with Gasteiger partial charge in [-0.1, -0.05) is 29.8 Å². The van der Waals surface area contributed by atoms with Gasteiger partial charge in [0.05, 0.1) is 0 Å². The number of hydrogen-bond acceptors (Lipinski definition) is 2. The van der Waals surface area contributed by atoms with Gasteiger partial charge in [0, 0.05) is 12.7 Å². The van der Waals surface area contributed by atoms with Crippen LogP contribution in [0.4, 0.5) is 5.82 Å². The maximum atomic E-state index is 5.27. The third-order valence-corrected chi connectivity index (χ3v) is 3.41. The largest absolute Gasteiger partial charge is 0.362 e. The van der Waals surface area contributed by atoms with Crippen molar-refractivity contribution in [1.82, 2.24) is 10.3 Å². The van der Waals surface area contributed by atoms with Crippen LogP contribution in [0.25, 0.3) is 0 Å². The van der Waals surface area contributed by atoms with Crippen molar-refractivity contribution in [1.29, 1.82) is 0 Å². The van der Waals surface area contributed by atoms with Crippen molar-refractivity contribution in [3.63, 3.8) is 0 Å². The van der Waals surface area contributed by atoms with E-state index < -0.39 is 0 Å². The Morgan fingerprint density at radius 1 is 1.14 bits per heavy atom. The molecule has 21 heavy (non-hydrogen) atoms. The predicted molar refractivity (Wildman–Crippen MR) is 92.7 cm³/mol. The molecule has 0 atom stereocenters. The molecule has 1 aromatic carbocycles. The van der Waals surface area contributed by atoms with E-state index in [-0.39, 0.29) is 0 Å². The van der Waals surface area contributed by atoms with E-state index in [4.69, 9.17) is 12.2 Å². The number of anilines is 1. The molecule has 0 amide bonds. The molecule has 2 N–H and O–H groups in total. The molecule has 0 saturated heterocycles. The summed E-state index contributed by atoms with van der Waals surface area (Å²) in [5.74, 6) is 0.784. The van der Waals surface area contributed by atoms with Gasteiger partial charge in [-0.05, 0) is 62.2 Å². The Morgan fingerprint density at radius 3 is 2.71 bits per heavy atom. The molecule has 0 radical (unpaired) electrons. The van der Waals surface area contributed by atoms with E-state index in [0.717, 1.165) is 30.8 Å². The average Bonchev–Trinajstić information content (AvgIpc) is 2.44. The molecule has 0 unspecified atom stereocenters. The third-order valence-electron chi connectivity index (χ3n) is 3.17. The first kappa shape index (κ1) is 15.4. The van der Waals surface area contributed by atoms with Gasteiger partial charge in [-0.25, -0.2) is 4.98 Å². The van der Waals surface area contributed by atoms with E-state index in [9.17, 15) is 0 Å². The second kappa shape index (κ2) is 7.74. The quantitative estimate of drug-likeness (QED) is 0.653. The van der Waals surface area contributed by atoms with Gasteiger partial charge in [0.15, 0.2) is 5.11 Å². The lowest BCUT2D eigenvalue weighted by molar-refractivity contribution is 0.777. The Kier molecular flexibility index (Phi) is 5.69. The Bertz CT molecular complexity index is 610. The van der Waals surface area contributed by atoms with Crippen molar-refractivity contribution in [2.24, 2.45) is 0 Å². The molecule has 0 fully saturated rings. The minimum absolute atomic E-state index is 0.623. The SMILES string of the molecule is Cc1cccc(CCCNC(=S)Nc2cc(C)ccn2)c1. The lowest BCUT2D eigenvalue weighted by Gasteiger charge is -2.10. The summed E-state index contributed by atoms with van der Waals surface area (Å²) in [5, 5.41) is 6.94. The van der Waals surface area contributed by atoms with Gasteiger partial charge < -0.3 is 10.6 Å². The monoisotopic (exact) mass is 299 g/mol. The van der Waals surface area contributed by atoms with Crippen LogP contribution in [0.2, 0.25) is 0 Å². The third kappa shape index (κ3) is 5.52. The molecule has 0 aliphatic rings. The molecule has 4 heteroatoms. The Balaban J connectivity index is 1.70. The van der Waals surface area contributed by atoms with Crippen LogP contribution in [0, 0.1) is 13.8 Å². The summed E-state index contributed by atoms with van der Waals surface area (Å²) in [6.45, 7) is 5.01. The minimum atomic E-state index is 0.623. The van der Waals surface area contributed by atoms with Crippen LogP contribution < -0.4 is 10.6 Å². The van der Waals surface area contributed by atoms with Crippen molar-refractivity contribution >= 4 is 23.1 Å². The lowest BCUT2D eigenvalue weighted by Crippen LogP contribution is -2.29. The molecule has 1 heterocycles. The van der Waals surface area contributed by atoms with Gasteiger partial charge in [-0.15, -0.1) is 0 Å². The highest BCUT2D eigenvalue weighted by molar-refractivity contribution is 7.80. The predicted octanol–water partition coefficient (Wildman–Crippen LogP) is 3.62. The number of aromatic nitrogens is 1. The molecule has 0 aliphatic heterocycles. The van der Waals surface area contributed by atoms with Crippen LogP contribution in [0.5, 0.6) is 0 Å². The van der Waals surface area contributed by atoms with Gasteiger partial charge in [-0.2, -0.15) is 0 Å². The number of hydrogen-bond donors (Lipinski definition) is 2. The Morgan fingerprint density at radius 2 is 1.95 bits per heavy atom. The lowest BCUT2D eigenvalue weighted by atomic mass is 10.1. The highest BCUT2D eigenvalue weighted by atomic mass is 32.1. The molecule has 3 nitrogen and oxygen atoms in total. The zero-order valence-corrected chi connectivity index (χ0v) is 13.3. The standard InChI is InChI=1S/C17H21N3S/c1-13-5-3-6-15(11-13)7-4-9-19-17(21)20-16-12-14(2)8-10-18-16/h3,5-6,8,10-12H,4,7,9H2,1-2H3,(H2,18,19,20,21). The van der Waals surface area contributed by atoms with E-state index >= 15 is 0 Å². The molecule has 1 aromatic heterocycles. The summed E-state index contributed by atoms with van der Waals surface area (Å²) < 4.78 is 0. The van der Waals surface area contributed by atoms with Crippen molar-refractivity contribution in [3.05, 3.63) is 59.3 Å². The zero-order valence-electron chi connectivity index (χ0n) is 12.5. The molecule has 2 rings (SSSR count). The van der Waals surface area contributed by atoms with Crippen LogP contribution >= 0.6 is 12.2 Å². The van der Waals surface area contributed by atoms with Crippen molar-refractivity contribution in [3.8, 4) is 0 Å². The van der Waals surface area contributed by atoms with E-state index in [1.54, 1.807) is 6.20 Å². The number of pyridine rings is 1. The highest BCUT2D eigenvalue weighted by Crippen LogP contribution is 2.07. The first-order valence-corrected chi connectivity index (χ1v) is 7.57. The average molecular weight is 299 g/mol. The fraction of sp³-hybridized carbons (Fsp3) is 0.294. The van der Waals surface area contributed by atoms with Crippen molar-refractivity contribution < 1.29 is 0 Å². The number of nitrogens with zero attached hydrogens (tertiary/aromatic N) is 1. The minimum Gasteiger partial charge on any atom is -0.362 e. The second-order valence-electron chi connectivity index (χ2n) is 5.19. The van der Waals surface area contributed by atoms with E-state index in [2.05, 4.69) is 46.8 Å². The van der Waals surface area contributed by atoms with E-state index in [1.165, 1.54) is 11.1 Å². The first-order chi connectivity index (χ1) is 10.1. The fourth-order valence-corrected chi connectivity index (χ4v) is 2.33. The first-order valence-electron chi connectivity index (χ1n) is 7.16. The Hall–Kier alpha value is -1.94. The van der Waals surface area contributed by atoms with Gasteiger partial charge in [0.2, 0.25) is 0 Å². The molecule has 110 valence electrons. The molecule has 0 spiro atoms. The van der Waals surface area contributed by atoms with Gasteiger partial charge in [-0.3, -0.25) is 0 Å². The smallest absolute Gasteiger partial charge is 0.171 e. The molecular weight excluding hydrogens is 278 g/mol. The summed E-state index contributed by atoms with van der Waals surface area (Å²) in [6.07, 6.45) is 3.88. The Labute approximate surface area is 131 Å². The number of thiocarbonyl (C=S) groups is 1. The maximum absolute atomic E-state index is 5.27. The molecule has 0 bridgehead atoms. The summed E-state index contributed by atoms with van der Waals surface area (Å²) in [6, 6.07) is 12.6. The number of rotatable bonds is 5. The van der Waals surface area contributed by atoms with Crippen LogP contribution in [-0.2, 0) is 6.42 Å². The van der Waals surface area contributed by atoms with E-state index in [1.807, 2.05) is 19.1 Å². The summed E-state index contributed by atoms with van der Waals surface area (Å²) in [7, 11) is 0. The molecule has 0 saturated carbocycles. The zero-order chi connectivity index (χ0) is 15.1. The number of aryl methyl sites for hydroxylation is 3. The van der Waals surface area contributed by atoms with Crippen LogP contribution in [-0.4, -0.2) is 16.6 Å². The normalized spacial score (nSPS) is 10.2.